The van der Waals surface area contributed by atoms with Gasteiger partial charge in [-0.25, -0.2) is 0 Å². The Morgan fingerprint density at radius 1 is 1.32 bits per heavy atom. The summed E-state index contributed by atoms with van der Waals surface area (Å²) in [6, 6.07) is 0.629. The summed E-state index contributed by atoms with van der Waals surface area (Å²) in [4.78, 5) is 14.2. The molecule has 19 heavy (non-hydrogen) atoms. The molecule has 4 atom stereocenters. The summed E-state index contributed by atoms with van der Waals surface area (Å²) in [7, 11) is 0. The molecule has 0 spiro atoms. The highest BCUT2D eigenvalue weighted by molar-refractivity contribution is 5.85. The minimum atomic E-state index is 0. The van der Waals surface area contributed by atoms with E-state index in [0.717, 1.165) is 31.8 Å². The third-order valence-corrected chi connectivity index (χ3v) is 4.73. The molecule has 0 bridgehead atoms. The molecule has 4 nitrogen and oxygen atoms in total. The van der Waals surface area contributed by atoms with Crippen molar-refractivity contribution in [2.45, 2.75) is 51.6 Å². The van der Waals surface area contributed by atoms with E-state index in [1.165, 1.54) is 12.8 Å². The molecule has 3 N–H and O–H groups in total. The number of hydrogen-bond donors (Lipinski definition) is 2. The molecule has 1 saturated heterocycles. The molecule has 2 aliphatic rings. The Balaban J connectivity index is 0.00000180. The van der Waals surface area contributed by atoms with Crippen LogP contribution in [0.15, 0.2) is 0 Å². The second-order valence-corrected chi connectivity index (χ2v) is 6.23. The Morgan fingerprint density at radius 3 is 2.68 bits per heavy atom. The van der Waals surface area contributed by atoms with Crippen molar-refractivity contribution in [3.63, 3.8) is 0 Å². The van der Waals surface area contributed by atoms with Crippen LogP contribution in [0.5, 0.6) is 0 Å². The van der Waals surface area contributed by atoms with Gasteiger partial charge in [0, 0.05) is 25.2 Å². The Labute approximate surface area is 122 Å². The minimum Gasteiger partial charge on any atom is -0.352 e. The van der Waals surface area contributed by atoms with Crippen LogP contribution < -0.4 is 11.1 Å². The van der Waals surface area contributed by atoms with E-state index in [2.05, 4.69) is 24.1 Å². The molecule has 3 unspecified atom stereocenters. The number of halogens is 1. The van der Waals surface area contributed by atoms with Crippen LogP contribution in [0.25, 0.3) is 0 Å². The number of carbonyl (C=O) groups excluding carboxylic acids is 1. The van der Waals surface area contributed by atoms with Crippen LogP contribution in [0.2, 0.25) is 0 Å². The van der Waals surface area contributed by atoms with Crippen LogP contribution in [-0.2, 0) is 4.79 Å². The van der Waals surface area contributed by atoms with E-state index in [1.807, 2.05) is 0 Å². The molecule has 0 radical (unpaired) electrons. The van der Waals surface area contributed by atoms with Crippen LogP contribution in [-0.4, -0.2) is 42.5 Å². The molecule has 1 aliphatic heterocycles. The van der Waals surface area contributed by atoms with E-state index in [9.17, 15) is 4.79 Å². The molecular weight excluding hydrogens is 262 g/mol. The maximum absolute atomic E-state index is 12.0. The normalized spacial score (nSPS) is 35.7. The third-order valence-electron chi connectivity index (χ3n) is 4.73. The zero-order chi connectivity index (χ0) is 13.1. The average molecular weight is 290 g/mol. The summed E-state index contributed by atoms with van der Waals surface area (Å²) in [6.07, 6.45) is 4.69. The molecule has 112 valence electrons. The first kappa shape index (κ1) is 16.7. The molecule has 1 saturated carbocycles. The number of likely N-dealkylation sites (tertiary alicyclic amines) is 1. The lowest BCUT2D eigenvalue weighted by Gasteiger charge is -2.35. The fourth-order valence-corrected chi connectivity index (χ4v) is 3.25. The van der Waals surface area contributed by atoms with Crippen LogP contribution in [0.3, 0.4) is 0 Å². The molecule has 1 amide bonds. The highest BCUT2D eigenvalue weighted by atomic mass is 35.5. The molecule has 1 aliphatic carbocycles. The lowest BCUT2D eigenvalue weighted by molar-refractivity contribution is -0.123. The molecule has 1 heterocycles. The molecule has 0 aromatic rings. The van der Waals surface area contributed by atoms with Crippen molar-refractivity contribution >= 4 is 18.3 Å². The lowest BCUT2D eigenvalue weighted by atomic mass is 9.78. The smallest absolute Gasteiger partial charge is 0.234 e. The van der Waals surface area contributed by atoms with Gasteiger partial charge in [-0.1, -0.05) is 26.7 Å². The average Bonchev–Trinajstić information content (AvgIpc) is 2.70. The zero-order valence-electron chi connectivity index (χ0n) is 12.1. The van der Waals surface area contributed by atoms with E-state index in [-0.39, 0.29) is 24.4 Å². The van der Waals surface area contributed by atoms with Crippen LogP contribution in [0.4, 0.5) is 0 Å². The fraction of sp³-hybridized carbons (Fsp3) is 0.929. The summed E-state index contributed by atoms with van der Waals surface area (Å²) >= 11 is 0. The molecule has 0 aromatic heterocycles. The highest BCUT2D eigenvalue weighted by Crippen LogP contribution is 2.29. The van der Waals surface area contributed by atoms with Crippen LogP contribution in [0.1, 0.15) is 39.5 Å². The maximum Gasteiger partial charge on any atom is 0.234 e. The predicted molar refractivity (Wildman–Crippen MR) is 80.4 cm³/mol. The van der Waals surface area contributed by atoms with Gasteiger partial charge in [-0.15, -0.1) is 12.4 Å². The first-order chi connectivity index (χ1) is 8.56. The number of nitrogens with two attached hydrogens (primary N) is 1. The fourth-order valence-electron chi connectivity index (χ4n) is 3.25. The number of amides is 1. The lowest BCUT2D eigenvalue weighted by Crippen LogP contribution is -2.47. The van der Waals surface area contributed by atoms with Crippen LogP contribution >= 0.6 is 12.4 Å². The zero-order valence-corrected chi connectivity index (χ0v) is 12.9. The van der Waals surface area contributed by atoms with Gasteiger partial charge in [0.2, 0.25) is 5.91 Å². The van der Waals surface area contributed by atoms with Crippen molar-refractivity contribution in [3.05, 3.63) is 0 Å². The van der Waals surface area contributed by atoms with Crippen molar-refractivity contribution in [2.75, 3.05) is 19.6 Å². The summed E-state index contributed by atoms with van der Waals surface area (Å²) < 4.78 is 0. The van der Waals surface area contributed by atoms with E-state index in [1.54, 1.807) is 0 Å². The summed E-state index contributed by atoms with van der Waals surface area (Å²) in [5.74, 6) is 1.50. The second kappa shape index (κ2) is 7.46. The van der Waals surface area contributed by atoms with Gasteiger partial charge in [0.25, 0.3) is 0 Å². The summed E-state index contributed by atoms with van der Waals surface area (Å²) in [5.41, 5.74) is 5.85. The monoisotopic (exact) mass is 289 g/mol. The van der Waals surface area contributed by atoms with Gasteiger partial charge in [0.1, 0.15) is 0 Å². The van der Waals surface area contributed by atoms with Gasteiger partial charge in [0.05, 0.1) is 6.54 Å². The van der Waals surface area contributed by atoms with Crippen molar-refractivity contribution in [1.82, 2.24) is 10.2 Å². The van der Waals surface area contributed by atoms with Crippen LogP contribution in [0, 0.1) is 11.8 Å². The van der Waals surface area contributed by atoms with Gasteiger partial charge in [0.15, 0.2) is 0 Å². The van der Waals surface area contributed by atoms with Crippen molar-refractivity contribution in [3.8, 4) is 0 Å². The Bertz CT molecular complexity index is 300. The second-order valence-electron chi connectivity index (χ2n) is 6.23. The standard InChI is InChI=1S/C14H27N3O.ClH/c1-10-4-3-5-13(11(10)2)16-14(18)9-17-7-6-12(15)8-17;/h10-13H,3-9,15H2,1-2H3,(H,16,18);1H/t10?,11?,12-,13?;/m0./s1. The molecular formula is C14H28ClN3O. The quantitative estimate of drug-likeness (QED) is 0.825. The predicted octanol–water partition coefficient (Wildman–Crippen LogP) is 1.38. The van der Waals surface area contributed by atoms with Gasteiger partial charge < -0.3 is 11.1 Å². The van der Waals surface area contributed by atoms with E-state index in [0.29, 0.717) is 18.5 Å². The SMILES string of the molecule is CC1CCCC(NC(=O)CN2CC[C@H](N)C2)C1C.Cl. The first-order valence-electron chi connectivity index (χ1n) is 7.33. The van der Waals surface area contributed by atoms with Gasteiger partial charge in [-0.05, 0) is 24.7 Å². The van der Waals surface area contributed by atoms with Gasteiger partial charge >= 0.3 is 0 Å². The Morgan fingerprint density at radius 2 is 2.05 bits per heavy atom. The summed E-state index contributed by atoms with van der Waals surface area (Å²) in [5, 5.41) is 3.22. The van der Waals surface area contributed by atoms with E-state index >= 15 is 0 Å². The third kappa shape index (κ3) is 4.62. The first-order valence-corrected chi connectivity index (χ1v) is 7.33. The van der Waals surface area contributed by atoms with Crippen molar-refractivity contribution < 1.29 is 4.79 Å². The van der Waals surface area contributed by atoms with E-state index in [4.69, 9.17) is 5.73 Å². The molecule has 5 heteroatoms. The largest absolute Gasteiger partial charge is 0.352 e. The number of carbonyl (C=O) groups is 1. The molecule has 0 aromatic carbocycles. The van der Waals surface area contributed by atoms with E-state index < -0.39 is 0 Å². The Kier molecular flexibility index (Phi) is 6.57. The topological polar surface area (TPSA) is 58.4 Å². The number of nitrogens with zero attached hydrogens (tertiary/aromatic N) is 1. The summed E-state index contributed by atoms with van der Waals surface area (Å²) in [6.45, 7) is 6.91. The van der Waals surface area contributed by atoms with Gasteiger partial charge in [-0.2, -0.15) is 0 Å². The number of rotatable bonds is 3. The van der Waals surface area contributed by atoms with Crippen molar-refractivity contribution in [1.29, 1.82) is 0 Å². The highest BCUT2D eigenvalue weighted by Gasteiger charge is 2.29. The Hall–Kier alpha value is -0.320. The number of nitrogens with one attached hydrogen (secondary N) is 1. The van der Waals surface area contributed by atoms with Gasteiger partial charge in [-0.3, -0.25) is 9.69 Å². The van der Waals surface area contributed by atoms with Crippen molar-refractivity contribution in [2.24, 2.45) is 17.6 Å². The molecule has 2 fully saturated rings. The minimum absolute atomic E-state index is 0. The molecule has 2 rings (SSSR count). The number of hydrogen-bond acceptors (Lipinski definition) is 3. The maximum atomic E-state index is 12.0.